The van der Waals surface area contributed by atoms with Crippen molar-refractivity contribution in [3.63, 3.8) is 0 Å². The molecular weight excluding hydrogens is 270 g/mol. The third-order valence-electron chi connectivity index (χ3n) is 3.78. The van der Waals surface area contributed by atoms with Gasteiger partial charge in [-0.2, -0.15) is 0 Å². The van der Waals surface area contributed by atoms with Crippen molar-refractivity contribution in [3.8, 4) is 0 Å². The maximum absolute atomic E-state index is 10.9. The van der Waals surface area contributed by atoms with Gasteiger partial charge in [0.05, 0.1) is 5.02 Å². The molecule has 3 heteroatoms. The first-order valence-corrected chi connectivity index (χ1v) is 7.18. The zero-order chi connectivity index (χ0) is 14.1. The Balaban J connectivity index is 2.04. The van der Waals surface area contributed by atoms with Crippen LogP contribution in [0.4, 0.5) is 11.4 Å². The van der Waals surface area contributed by atoms with Gasteiger partial charge < -0.3 is 4.90 Å². The lowest BCUT2D eigenvalue weighted by atomic mass is 9.99. The molecule has 0 bridgehead atoms. The van der Waals surface area contributed by atoms with Gasteiger partial charge in [-0.25, -0.2) is 0 Å². The highest BCUT2D eigenvalue weighted by Gasteiger charge is 2.18. The van der Waals surface area contributed by atoms with E-state index in [-0.39, 0.29) is 0 Å². The van der Waals surface area contributed by atoms with Gasteiger partial charge in [0.2, 0.25) is 0 Å². The minimum atomic E-state index is 0.511. The van der Waals surface area contributed by atoms with Crippen molar-refractivity contribution in [2.45, 2.75) is 19.8 Å². The van der Waals surface area contributed by atoms with Crippen LogP contribution >= 0.6 is 11.6 Å². The molecule has 2 aromatic rings. The van der Waals surface area contributed by atoms with E-state index in [9.17, 15) is 4.79 Å². The van der Waals surface area contributed by atoms with Crippen molar-refractivity contribution < 1.29 is 4.79 Å². The molecular formula is C17H16ClNO. The lowest BCUT2D eigenvalue weighted by molar-refractivity contribution is 0.112. The third-order valence-corrected chi connectivity index (χ3v) is 4.10. The van der Waals surface area contributed by atoms with E-state index < -0.39 is 0 Å². The van der Waals surface area contributed by atoms with Crippen LogP contribution in [0.25, 0.3) is 0 Å². The Kier molecular flexibility index (Phi) is 3.49. The minimum Gasteiger partial charge on any atom is -0.341 e. The van der Waals surface area contributed by atoms with Crippen molar-refractivity contribution in [2.24, 2.45) is 0 Å². The van der Waals surface area contributed by atoms with E-state index in [0.717, 1.165) is 31.4 Å². The first-order chi connectivity index (χ1) is 9.69. The second-order valence-electron chi connectivity index (χ2n) is 5.21. The molecule has 20 heavy (non-hydrogen) atoms. The second-order valence-corrected chi connectivity index (χ2v) is 5.62. The first kappa shape index (κ1) is 13.2. The molecule has 0 saturated carbocycles. The Morgan fingerprint density at radius 1 is 1.20 bits per heavy atom. The SMILES string of the molecule is Cc1ccc2c(c1)CCCN2c1ccc(C=O)c(Cl)c1. The maximum Gasteiger partial charge on any atom is 0.151 e. The van der Waals surface area contributed by atoms with Crippen molar-refractivity contribution >= 4 is 29.3 Å². The van der Waals surface area contributed by atoms with Crippen molar-refractivity contribution in [3.05, 3.63) is 58.1 Å². The topological polar surface area (TPSA) is 20.3 Å². The Labute approximate surface area is 124 Å². The third kappa shape index (κ3) is 2.32. The van der Waals surface area contributed by atoms with E-state index >= 15 is 0 Å². The number of carbonyl (C=O) groups excluding carboxylic acids is 1. The molecule has 1 heterocycles. The summed E-state index contributed by atoms with van der Waals surface area (Å²) in [7, 11) is 0. The summed E-state index contributed by atoms with van der Waals surface area (Å²) in [6, 6.07) is 12.2. The Bertz CT molecular complexity index is 666. The molecule has 3 rings (SSSR count). The summed E-state index contributed by atoms with van der Waals surface area (Å²) >= 11 is 6.14. The zero-order valence-corrected chi connectivity index (χ0v) is 12.2. The molecule has 2 aromatic carbocycles. The predicted molar refractivity (Wildman–Crippen MR) is 83.3 cm³/mol. The molecule has 0 saturated heterocycles. The summed E-state index contributed by atoms with van der Waals surface area (Å²) in [4.78, 5) is 13.1. The number of rotatable bonds is 2. The highest BCUT2D eigenvalue weighted by Crippen LogP contribution is 2.35. The van der Waals surface area contributed by atoms with Gasteiger partial charge >= 0.3 is 0 Å². The van der Waals surface area contributed by atoms with Gasteiger partial charge in [0, 0.05) is 23.5 Å². The number of hydrogen-bond donors (Lipinski definition) is 0. The molecule has 0 radical (unpaired) electrons. The quantitative estimate of drug-likeness (QED) is 0.755. The molecule has 0 unspecified atom stereocenters. The molecule has 0 fully saturated rings. The highest BCUT2D eigenvalue weighted by molar-refractivity contribution is 6.33. The fourth-order valence-electron chi connectivity index (χ4n) is 2.77. The van der Waals surface area contributed by atoms with E-state index in [1.807, 2.05) is 12.1 Å². The van der Waals surface area contributed by atoms with Gasteiger partial charge in [-0.1, -0.05) is 29.3 Å². The van der Waals surface area contributed by atoms with Crippen LogP contribution in [0.5, 0.6) is 0 Å². The number of aldehydes is 1. The number of carbonyl (C=O) groups is 1. The zero-order valence-electron chi connectivity index (χ0n) is 11.4. The van der Waals surface area contributed by atoms with Crippen LogP contribution in [0.3, 0.4) is 0 Å². The fraction of sp³-hybridized carbons (Fsp3) is 0.235. The summed E-state index contributed by atoms with van der Waals surface area (Å²) in [6.07, 6.45) is 3.04. The molecule has 0 spiro atoms. The molecule has 1 aliphatic rings. The maximum atomic E-state index is 10.9. The smallest absolute Gasteiger partial charge is 0.151 e. The number of anilines is 2. The van der Waals surface area contributed by atoms with Crippen molar-refractivity contribution in [1.82, 2.24) is 0 Å². The van der Waals surface area contributed by atoms with E-state index in [0.29, 0.717) is 10.6 Å². The van der Waals surface area contributed by atoms with Crippen molar-refractivity contribution in [2.75, 3.05) is 11.4 Å². The average Bonchev–Trinajstić information content (AvgIpc) is 2.46. The Hall–Kier alpha value is -1.80. The number of aryl methyl sites for hydroxylation is 2. The number of benzene rings is 2. The van der Waals surface area contributed by atoms with Gasteiger partial charge in [0.15, 0.2) is 6.29 Å². The summed E-state index contributed by atoms with van der Waals surface area (Å²) < 4.78 is 0. The predicted octanol–water partition coefficient (Wildman–Crippen LogP) is 4.55. The van der Waals surface area contributed by atoms with Crippen LogP contribution in [0.15, 0.2) is 36.4 Å². The molecule has 102 valence electrons. The molecule has 0 aromatic heterocycles. The standard InChI is InChI=1S/C17H16ClNO/c1-12-4-7-17-13(9-12)3-2-8-19(17)15-6-5-14(11-20)16(18)10-15/h4-7,9-11H,2-3,8H2,1H3. The monoisotopic (exact) mass is 285 g/mol. The van der Waals surface area contributed by atoms with Gasteiger partial charge in [-0.05, 0) is 49.6 Å². The van der Waals surface area contributed by atoms with E-state index in [1.165, 1.54) is 16.8 Å². The largest absolute Gasteiger partial charge is 0.341 e. The fourth-order valence-corrected chi connectivity index (χ4v) is 2.99. The van der Waals surface area contributed by atoms with Crippen LogP contribution in [0.2, 0.25) is 5.02 Å². The van der Waals surface area contributed by atoms with Gasteiger partial charge in [-0.3, -0.25) is 4.79 Å². The Morgan fingerprint density at radius 2 is 2.05 bits per heavy atom. The van der Waals surface area contributed by atoms with Gasteiger partial charge in [0.25, 0.3) is 0 Å². The van der Waals surface area contributed by atoms with Crippen LogP contribution in [-0.4, -0.2) is 12.8 Å². The van der Waals surface area contributed by atoms with Gasteiger partial charge in [0.1, 0.15) is 0 Å². The molecule has 0 atom stereocenters. The lowest BCUT2D eigenvalue weighted by Crippen LogP contribution is -2.24. The second kappa shape index (κ2) is 5.29. The molecule has 1 aliphatic heterocycles. The van der Waals surface area contributed by atoms with Crippen molar-refractivity contribution in [1.29, 1.82) is 0 Å². The van der Waals surface area contributed by atoms with E-state index in [1.54, 1.807) is 6.07 Å². The van der Waals surface area contributed by atoms with Crippen LogP contribution in [0.1, 0.15) is 27.9 Å². The van der Waals surface area contributed by atoms with Gasteiger partial charge in [-0.15, -0.1) is 0 Å². The number of halogens is 1. The molecule has 0 aliphatic carbocycles. The van der Waals surface area contributed by atoms with Crippen LogP contribution < -0.4 is 4.90 Å². The number of fused-ring (bicyclic) bond motifs is 1. The highest BCUT2D eigenvalue weighted by atomic mass is 35.5. The lowest BCUT2D eigenvalue weighted by Gasteiger charge is -2.31. The minimum absolute atomic E-state index is 0.511. The van der Waals surface area contributed by atoms with E-state index in [2.05, 4.69) is 30.0 Å². The summed E-state index contributed by atoms with van der Waals surface area (Å²) in [5, 5.41) is 0.511. The number of nitrogens with zero attached hydrogens (tertiary/aromatic N) is 1. The number of hydrogen-bond acceptors (Lipinski definition) is 2. The Morgan fingerprint density at radius 3 is 2.80 bits per heavy atom. The van der Waals surface area contributed by atoms with Crippen LogP contribution in [-0.2, 0) is 6.42 Å². The normalized spacial score (nSPS) is 14.0. The molecule has 2 nitrogen and oxygen atoms in total. The summed E-state index contributed by atoms with van der Waals surface area (Å²) in [5.74, 6) is 0. The molecule has 0 amide bonds. The average molecular weight is 286 g/mol. The molecule has 0 N–H and O–H groups in total. The van der Waals surface area contributed by atoms with Crippen LogP contribution in [0, 0.1) is 6.92 Å². The first-order valence-electron chi connectivity index (χ1n) is 6.81. The summed E-state index contributed by atoms with van der Waals surface area (Å²) in [5.41, 5.74) is 5.51. The van der Waals surface area contributed by atoms with E-state index in [4.69, 9.17) is 11.6 Å². The summed E-state index contributed by atoms with van der Waals surface area (Å²) in [6.45, 7) is 3.10.